The third kappa shape index (κ3) is 3.95. The zero-order chi connectivity index (χ0) is 12.9. The van der Waals surface area contributed by atoms with Gasteiger partial charge in [0.1, 0.15) is 5.54 Å². The molecule has 1 aliphatic rings. The Morgan fingerprint density at radius 3 is 2.59 bits per heavy atom. The normalized spacial score (nSPS) is 29.6. The molecule has 0 radical (unpaired) electrons. The summed E-state index contributed by atoms with van der Waals surface area (Å²) in [6.07, 6.45) is 4.29. The molecule has 0 aromatic carbocycles. The fourth-order valence-corrected chi connectivity index (χ4v) is 2.55. The van der Waals surface area contributed by atoms with Crippen molar-refractivity contribution in [2.45, 2.75) is 37.3 Å². The summed E-state index contributed by atoms with van der Waals surface area (Å²) in [4.78, 5) is 4.61. The second-order valence-electron chi connectivity index (χ2n) is 5.48. The van der Waals surface area contributed by atoms with Crippen LogP contribution in [0.3, 0.4) is 0 Å². The Bertz CT molecular complexity index is 271. The van der Waals surface area contributed by atoms with Crippen LogP contribution in [0.2, 0.25) is 0 Å². The molecule has 0 heterocycles. The molecule has 4 heteroatoms. The molecule has 1 aliphatic carbocycles. The minimum atomic E-state index is -0.296. The topological polar surface area (TPSA) is 42.3 Å². The lowest BCUT2D eigenvalue weighted by Crippen LogP contribution is -2.51. The Morgan fingerprint density at radius 2 is 2.06 bits per heavy atom. The number of rotatable bonds is 5. The maximum absolute atomic E-state index is 9.32. The quantitative estimate of drug-likeness (QED) is 0.773. The van der Waals surface area contributed by atoms with Crippen LogP contribution in [0.15, 0.2) is 0 Å². The van der Waals surface area contributed by atoms with Gasteiger partial charge >= 0.3 is 0 Å². The third-order valence-corrected chi connectivity index (χ3v) is 3.94. The molecule has 2 unspecified atom stereocenters. The minimum absolute atomic E-state index is 0.296. The smallest absolute Gasteiger partial charge is 0.108 e. The molecule has 0 spiro atoms. The molecule has 1 rings (SSSR count). The number of nitrogens with zero attached hydrogens (tertiary/aromatic N) is 3. The van der Waals surface area contributed by atoms with E-state index in [0.717, 1.165) is 32.4 Å². The van der Waals surface area contributed by atoms with E-state index in [1.807, 2.05) is 7.05 Å². The van der Waals surface area contributed by atoms with E-state index < -0.39 is 0 Å². The molecular weight excluding hydrogens is 212 g/mol. The van der Waals surface area contributed by atoms with Crippen molar-refractivity contribution < 1.29 is 0 Å². The van der Waals surface area contributed by atoms with Gasteiger partial charge in [-0.3, -0.25) is 0 Å². The molecule has 0 amide bonds. The summed E-state index contributed by atoms with van der Waals surface area (Å²) in [7, 11) is 8.28. The molecule has 2 atom stereocenters. The SMILES string of the molecule is CNC1(C#N)CCCC(N(C)CCN(C)C)C1. The average Bonchev–Trinajstić information content (AvgIpc) is 2.35. The summed E-state index contributed by atoms with van der Waals surface area (Å²) < 4.78 is 0. The van der Waals surface area contributed by atoms with E-state index in [4.69, 9.17) is 0 Å². The highest BCUT2D eigenvalue weighted by atomic mass is 15.2. The van der Waals surface area contributed by atoms with Crippen LogP contribution in [0.4, 0.5) is 0 Å². The zero-order valence-corrected chi connectivity index (χ0v) is 11.7. The van der Waals surface area contributed by atoms with Crippen molar-refractivity contribution in [1.29, 1.82) is 5.26 Å². The Balaban J connectivity index is 2.51. The molecule has 0 aromatic rings. The molecule has 0 aliphatic heterocycles. The lowest BCUT2D eigenvalue weighted by atomic mass is 9.79. The van der Waals surface area contributed by atoms with E-state index in [2.05, 4.69) is 42.3 Å². The van der Waals surface area contributed by atoms with Crippen LogP contribution in [0.25, 0.3) is 0 Å². The highest BCUT2D eigenvalue weighted by molar-refractivity contribution is 5.10. The first kappa shape index (κ1) is 14.4. The molecule has 0 bridgehead atoms. The summed E-state index contributed by atoms with van der Waals surface area (Å²) in [6, 6.07) is 3.01. The predicted molar refractivity (Wildman–Crippen MR) is 70.8 cm³/mol. The van der Waals surface area contributed by atoms with E-state index in [0.29, 0.717) is 6.04 Å². The molecule has 1 saturated carbocycles. The first-order chi connectivity index (χ1) is 8.03. The van der Waals surface area contributed by atoms with Crippen molar-refractivity contribution in [1.82, 2.24) is 15.1 Å². The van der Waals surface area contributed by atoms with Gasteiger partial charge in [-0.1, -0.05) is 0 Å². The number of hydrogen-bond acceptors (Lipinski definition) is 4. The molecule has 0 saturated heterocycles. The summed E-state index contributed by atoms with van der Waals surface area (Å²) in [5, 5.41) is 12.5. The molecule has 98 valence electrons. The first-order valence-electron chi connectivity index (χ1n) is 6.48. The maximum Gasteiger partial charge on any atom is 0.108 e. The van der Waals surface area contributed by atoms with E-state index >= 15 is 0 Å². The van der Waals surface area contributed by atoms with E-state index in [1.54, 1.807) is 0 Å². The van der Waals surface area contributed by atoms with Crippen LogP contribution in [0.5, 0.6) is 0 Å². The van der Waals surface area contributed by atoms with Gasteiger partial charge in [-0.15, -0.1) is 0 Å². The van der Waals surface area contributed by atoms with E-state index in [1.165, 1.54) is 6.42 Å². The Hall–Kier alpha value is -0.630. The van der Waals surface area contributed by atoms with Gasteiger partial charge in [0.2, 0.25) is 0 Å². The van der Waals surface area contributed by atoms with Crippen LogP contribution in [-0.4, -0.2) is 62.7 Å². The van der Waals surface area contributed by atoms with Crippen LogP contribution in [-0.2, 0) is 0 Å². The Morgan fingerprint density at radius 1 is 1.35 bits per heavy atom. The molecule has 4 nitrogen and oxygen atoms in total. The van der Waals surface area contributed by atoms with Crippen molar-refractivity contribution in [2.75, 3.05) is 41.3 Å². The van der Waals surface area contributed by atoms with Crippen molar-refractivity contribution in [3.05, 3.63) is 0 Å². The van der Waals surface area contributed by atoms with Gasteiger partial charge in [0, 0.05) is 19.1 Å². The van der Waals surface area contributed by atoms with Gasteiger partial charge in [-0.2, -0.15) is 5.26 Å². The summed E-state index contributed by atoms with van der Waals surface area (Å²) in [6.45, 7) is 2.15. The number of likely N-dealkylation sites (N-methyl/N-ethyl adjacent to an activating group) is 2. The molecule has 1 fully saturated rings. The standard InChI is InChI=1S/C13H26N4/c1-15-13(11-14)7-5-6-12(10-13)17(4)9-8-16(2)3/h12,15H,5-10H2,1-4H3. The van der Waals surface area contributed by atoms with Crippen molar-refractivity contribution >= 4 is 0 Å². The molecule has 0 aromatic heterocycles. The van der Waals surface area contributed by atoms with Gasteiger partial charge in [-0.05, 0) is 53.9 Å². The van der Waals surface area contributed by atoms with Crippen LogP contribution in [0, 0.1) is 11.3 Å². The fraction of sp³-hybridized carbons (Fsp3) is 0.923. The summed E-state index contributed by atoms with van der Waals surface area (Å²) in [5.41, 5.74) is -0.296. The lowest BCUT2D eigenvalue weighted by molar-refractivity contribution is 0.140. The maximum atomic E-state index is 9.32. The third-order valence-electron chi connectivity index (χ3n) is 3.94. The molecule has 1 N–H and O–H groups in total. The van der Waals surface area contributed by atoms with E-state index in [9.17, 15) is 5.26 Å². The summed E-state index contributed by atoms with van der Waals surface area (Å²) >= 11 is 0. The average molecular weight is 238 g/mol. The Labute approximate surface area is 106 Å². The number of nitriles is 1. The first-order valence-corrected chi connectivity index (χ1v) is 6.48. The van der Waals surface area contributed by atoms with Gasteiger partial charge in [0.15, 0.2) is 0 Å². The fourth-order valence-electron chi connectivity index (χ4n) is 2.55. The second kappa shape index (κ2) is 6.34. The van der Waals surface area contributed by atoms with Crippen LogP contribution < -0.4 is 5.32 Å². The van der Waals surface area contributed by atoms with Gasteiger partial charge in [-0.25, -0.2) is 0 Å². The summed E-state index contributed by atoms with van der Waals surface area (Å²) in [5.74, 6) is 0. The molecule has 17 heavy (non-hydrogen) atoms. The largest absolute Gasteiger partial charge is 0.308 e. The molecular formula is C13H26N4. The van der Waals surface area contributed by atoms with Gasteiger partial charge < -0.3 is 15.1 Å². The van der Waals surface area contributed by atoms with Gasteiger partial charge in [0.25, 0.3) is 0 Å². The Kier molecular flexibility index (Phi) is 5.38. The highest BCUT2D eigenvalue weighted by Gasteiger charge is 2.36. The number of nitrogens with one attached hydrogen (secondary N) is 1. The monoisotopic (exact) mass is 238 g/mol. The second-order valence-corrected chi connectivity index (χ2v) is 5.48. The van der Waals surface area contributed by atoms with Crippen molar-refractivity contribution in [2.24, 2.45) is 0 Å². The minimum Gasteiger partial charge on any atom is -0.308 e. The lowest BCUT2D eigenvalue weighted by Gasteiger charge is -2.40. The van der Waals surface area contributed by atoms with Gasteiger partial charge in [0.05, 0.1) is 6.07 Å². The van der Waals surface area contributed by atoms with Crippen LogP contribution in [0.1, 0.15) is 25.7 Å². The van der Waals surface area contributed by atoms with Crippen LogP contribution >= 0.6 is 0 Å². The number of hydrogen-bond donors (Lipinski definition) is 1. The van der Waals surface area contributed by atoms with Crippen molar-refractivity contribution in [3.63, 3.8) is 0 Å². The van der Waals surface area contributed by atoms with Crippen molar-refractivity contribution in [3.8, 4) is 6.07 Å². The van der Waals surface area contributed by atoms with E-state index in [-0.39, 0.29) is 5.54 Å². The zero-order valence-electron chi connectivity index (χ0n) is 11.7. The predicted octanol–water partition coefficient (Wildman–Crippen LogP) is 0.904. The highest BCUT2D eigenvalue weighted by Crippen LogP contribution is 2.30.